The van der Waals surface area contributed by atoms with Gasteiger partial charge < -0.3 is 9.64 Å². The van der Waals surface area contributed by atoms with E-state index in [4.69, 9.17) is 4.74 Å². The summed E-state index contributed by atoms with van der Waals surface area (Å²) in [4.78, 5) is 30.0. The summed E-state index contributed by atoms with van der Waals surface area (Å²) in [5, 5.41) is 0. The van der Waals surface area contributed by atoms with Crippen LogP contribution in [0.15, 0.2) is 48.5 Å². The van der Waals surface area contributed by atoms with Crippen LogP contribution in [0.3, 0.4) is 0 Å². The van der Waals surface area contributed by atoms with Gasteiger partial charge in [0.25, 0.3) is 0 Å². The third-order valence-electron chi connectivity index (χ3n) is 8.42. The predicted molar refractivity (Wildman–Crippen MR) is 147 cm³/mol. The monoisotopic (exact) mass is 502 g/mol. The Morgan fingerprint density at radius 1 is 0.946 bits per heavy atom. The standard InChI is InChI=1S/C32H42N2O3/c1-32(2,3)37-31(36)34-17-13-25(14-18-34)26-9-10-29-27(20-26)21-28(30(29)35)19-23-11-15-33(16-12-23)22-24-7-5-4-6-8-24/h4-10,20,23,25,28H,11-19,21-22H2,1-3H3. The molecule has 198 valence electrons. The number of carbonyl (C=O) groups is 2. The van der Waals surface area contributed by atoms with Crippen LogP contribution in [0, 0.1) is 11.8 Å². The zero-order chi connectivity index (χ0) is 26.0. The van der Waals surface area contributed by atoms with Crippen molar-refractivity contribution < 1.29 is 14.3 Å². The number of piperidine rings is 2. The second-order valence-electron chi connectivity index (χ2n) is 12.4. The topological polar surface area (TPSA) is 49.9 Å². The first kappa shape index (κ1) is 26.0. The molecule has 1 atom stereocenters. The molecule has 0 radical (unpaired) electrons. The molecule has 0 bridgehead atoms. The lowest BCUT2D eigenvalue weighted by Crippen LogP contribution is -2.41. The predicted octanol–water partition coefficient (Wildman–Crippen LogP) is 6.46. The normalized spacial score (nSPS) is 21.8. The van der Waals surface area contributed by atoms with Gasteiger partial charge in [0.2, 0.25) is 0 Å². The Morgan fingerprint density at radius 3 is 2.32 bits per heavy atom. The minimum Gasteiger partial charge on any atom is -0.444 e. The van der Waals surface area contributed by atoms with Crippen molar-refractivity contribution in [2.24, 2.45) is 11.8 Å². The molecule has 2 saturated heterocycles. The number of nitrogens with zero attached hydrogens (tertiary/aromatic N) is 2. The Hall–Kier alpha value is -2.66. The van der Waals surface area contributed by atoms with Crippen molar-refractivity contribution in [2.45, 2.75) is 77.4 Å². The van der Waals surface area contributed by atoms with Crippen LogP contribution in [0.4, 0.5) is 4.79 Å². The summed E-state index contributed by atoms with van der Waals surface area (Å²) in [6.07, 6.45) is 5.97. The summed E-state index contributed by atoms with van der Waals surface area (Å²) in [7, 11) is 0. The van der Waals surface area contributed by atoms with Crippen LogP contribution < -0.4 is 0 Å². The number of rotatable bonds is 5. The molecule has 2 aromatic carbocycles. The second kappa shape index (κ2) is 11.0. The molecule has 1 amide bonds. The highest BCUT2D eigenvalue weighted by Crippen LogP contribution is 2.37. The van der Waals surface area contributed by atoms with Crippen LogP contribution >= 0.6 is 0 Å². The Labute approximate surface area is 222 Å². The van der Waals surface area contributed by atoms with Crippen LogP contribution in [0.1, 0.15) is 85.8 Å². The van der Waals surface area contributed by atoms with Crippen LogP contribution in [0.25, 0.3) is 0 Å². The minimum atomic E-state index is -0.462. The van der Waals surface area contributed by atoms with Gasteiger partial charge in [-0.15, -0.1) is 0 Å². The molecular formula is C32H42N2O3. The molecular weight excluding hydrogens is 460 g/mol. The van der Waals surface area contributed by atoms with Crippen LogP contribution in [-0.2, 0) is 17.7 Å². The fourth-order valence-electron chi connectivity index (χ4n) is 6.39. The number of Topliss-reactive ketones (excluding diaryl/α,β-unsaturated/α-hetero) is 1. The van der Waals surface area contributed by atoms with Crippen molar-refractivity contribution in [3.8, 4) is 0 Å². The molecule has 2 aromatic rings. The Morgan fingerprint density at radius 2 is 1.65 bits per heavy atom. The van der Waals surface area contributed by atoms with Crippen molar-refractivity contribution in [1.29, 1.82) is 0 Å². The van der Waals surface area contributed by atoms with Gasteiger partial charge in [-0.05, 0) is 101 Å². The lowest BCUT2D eigenvalue weighted by Gasteiger charge is -2.33. The number of ketones is 1. The number of ether oxygens (including phenoxy) is 1. The van der Waals surface area contributed by atoms with Crippen molar-refractivity contribution in [1.82, 2.24) is 9.80 Å². The average Bonchev–Trinajstić information content (AvgIpc) is 3.19. The van der Waals surface area contributed by atoms with E-state index in [2.05, 4.69) is 53.4 Å². The van der Waals surface area contributed by atoms with Gasteiger partial charge in [-0.3, -0.25) is 9.69 Å². The van der Waals surface area contributed by atoms with E-state index in [1.165, 1.54) is 29.5 Å². The van der Waals surface area contributed by atoms with E-state index in [-0.39, 0.29) is 12.0 Å². The highest BCUT2D eigenvalue weighted by molar-refractivity contribution is 6.02. The van der Waals surface area contributed by atoms with Gasteiger partial charge in [-0.1, -0.05) is 48.5 Å². The summed E-state index contributed by atoms with van der Waals surface area (Å²) in [5.41, 5.74) is 4.43. The van der Waals surface area contributed by atoms with E-state index < -0.39 is 5.60 Å². The molecule has 2 heterocycles. The third kappa shape index (κ3) is 6.43. The van der Waals surface area contributed by atoms with Gasteiger partial charge in [0, 0.05) is 31.1 Å². The van der Waals surface area contributed by atoms with Crippen LogP contribution in [-0.4, -0.2) is 53.5 Å². The number of carbonyl (C=O) groups excluding carboxylic acids is 2. The van der Waals surface area contributed by atoms with Crippen LogP contribution in [0.2, 0.25) is 0 Å². The van der Waals surface area contributed by atoms with E-state index in [1.54, 1.807) is 0 Å². The molecule has 0 spiro atoms. The number of fused-ring (bicyclic) bond motifs is 1. The molecule has 5 rings (SSSR count). The Kier molecular flexibility index (Phi) is 7.71. The van der Waals surface area contributed by atoms with Gasteiger partial charge in [0.05, 0.1) is 0 Å². The van der Waals surface area contributed by atoms with E-state index in [1.807, 2.05) is 25.7 Å². The van der Waals surface area contributed by atoms with Crippen LogP contribution in [0.5, 0.6) is 0 Å². The number of amides is 1. The van der Waals surface area contributed by atoms with Gasteiger partial charge in [0.1, 0.15) is 5.60 Å². The first-order chi connectivity index (χ1) is 17.7. The smallest absolute Gasteiger partial charge is 0.410 e. The fourth-order valence-corrected chi connectivity index (χ4v) is 6.39. The van der Waals surface area contributed by atoms with Gasteiger partial charge in [-0.2, -0.15) is 0 Å². The second-order valence-corrected chi connectivity index (χ2v) is 12.4. The number of likely N-dealkylation sites (tertiary alicyclic amines) is 2. The maximum atomic E-state index is 13.2. The molecule has 5 heteroatoms. The van der Waals surface area contributed by atoms with E-state index in [0.717, 1.165) is 64.0 Å². The number of hydrogen-bond donors (Lipinski definition) is 0. The lowest BCUT2D eigenvalue weighted by atomic mass is 9.85. The van der Waals surface area contributed by atoms with Gasteiger partial charge in [-0.25, -0.2) is 4.79 Å². The zero-order valence-corrected chi connectivity index (χ0v) is 22.7. The SMILES string of the molecule is CC(C)(C)OC(=O)N1CCC(c2ccc3c(c2)CC(CC2CCN(Cc4ccccc4)CC2)C3=O)CC1. The largest absolute Gasteiger partial charge is 0.444 e. The highest BCUT2D eigenvalue weighted by Gasteiger charge is 2.34. The molecule has 0 N–H and O–H groups in total. The molecule has 1 unspecified atom stereocenters. The van der Waals surface area contributed by atoms with Gasteiger partial charge >= 0.3 is 6.09 Å². The van der Waals surface area contributed by atoms with E-state index >= 15 is 0 Å². The third-order valence-corrected chi connectivity index (χ3v) is 8.42. The summed E-state index contributed by atoms with van der Waals surface area (Å²) in [6, 6.07) is 17.3. The molecule has 37 heavy (non-hydrogen) atoms. The maximum Gasteiger partial charge on any atom is 0.410 e. The molecule has 0 aromatic heterocycles. The van der Waals surface area contributed by atoms with Crippen molar-refractivity contribution in [3.05, 3.63) is 70.8 Å². The fraction of sp³-hybridized carbons (Fsp3) is 0.562. The number of benzene rings is 2. The zero-order valence-electron chi connectivity index (χ0n) is 22.7. The summed E-state index contributed by atoms with van der Waals surface area (Å²) >= 11 is 0. The molecule has 2 aliphatic heterocycles. The Balaban J connectivity index is 1.12. The van der Waals surface area contributed by atoms with E-state index in [0.29, 0.717) is 17.6 Å². The molecule has 5 nitrogen and oxygen atoms in total. The lowest BCUT2D eigenvalue weighted by molar-refractivity contribution is 0.0204. The molecule has 1 aliphatic carbocycles. The summed E-state index contributed by atoms with van der Waals surface area (Å²) < 4.78 is 5.54. The van der Waals surface area contributed by atoms with Crippen molar-refractivity contribution >= 4 is 11.9 Å². The molecule has 0 saturated carbocycles. The first-order valence-corrected chi connectivity index (χ1v) is 14.2. The highest BCUT2D eigenvalue weighted by atomic mass is 16.6. The van der Waals surface area contributed by atoms with E-state index in [9.17, 15) is 9.59 Å². The maximum absolute atomic E-state index is 13.2. The minimum absolute atomic E-state index is 0.143. The molecule has 3 aliphatic rings. The Bertz CT molecular complexity index is 1090. The van der Waals surface area contributed by atoms with Crippen molar-refractivity contribution in [3.63, 3.8) is 0 Å². The molecule has 2 fully saturated rings. The first-order valence-electron chi connectivity index (χ1n) is 14.2. The van der Waals surface area contributed by atoms with Crippen molar-refractivity contribution in [2.75, 3.05) is 26.2 Å². The number of hydrogen-bond acceptors (Lipinski definition) is 4. The summed E-state index contributed by atoms with van der Waals surface area (Å²) in [5.74, 6) is 1.58. The van der Waals surface area contributed by atoms with Gasteiger partial charge in [0.15, 0.2) is 5.78 Å². The summed E-state index contributed by atoms with van der Waals surface area (Å²) in [6.45, 7) is 10.4. The average molecular weight is 503 g/mol. The quantitative estimate of drug-likeness (QED) is 0.471.